The first-order valence-electron chi connectivity index (χ1n) is 4.24. The van der Waals surface area contributed by atoms with Crippen molar-refractivity contribution in [1.29, 1.82) is 0 Å². The molecule has 1 aliphatic heterocycles. The van der Waals surface area contributed by atoms with Gasteiger partial charge in [0.2, 0.25) is 0 Å². The molecule has 1 aliphatic rings. The highest BCUT2D eigenvalue weighted by Crippen LogP contribution is 2.17. The second-order valence-electron chi connectivity index (χ2n) is 2.80. The van der Waals surface area contributed by atoms with E-state index in [0.29, 0.717) is 6.10 Å². The van der Waals surface area contributed by atoms with Crippen molar-refractivity contribution < 1.29 is 9.47 Å². The van der Waals surface area contributed by atoms with Crippen molar-refractivity contribution in [2.24, 2.45) is 0 Å². The molecule has 0 saturated carbocycles. The van der Waals surface area contributed by atoms with Crippen LogP contribution in [0.5, 0.6) is 0 Å². The minimum atomic E-state index is 0.126. The Bertz CT molecular complexity index is 119. The van der Waals surface area contributed by atoms with E-state index in [-0.39, 0.29) is 6.10 Å². The highest BCUT2D eigenvalue weighted by atomic mass is 16.6. The molecule has 2 heteroatoms. The monoisotopic (exact) mass is 156 g/mol. The number of hydrogen-bond donors (Lipinski definition) is 0. The molecule has 0 unspecified atom stereocenters. The van der Waals surface area contributed by atoms with Crippen LogP contribution in [0.4, 0.5) is 0 Å². The summed E-state index contributed by atoms with van der Waals surface area (Å²) >= 11 is 0. The summed E-state index contributed by atoms with van der Waals surface area (Å²) in [6.45, 7) is 7.51. The molecule has 0 radical (unpaired) electrons. The number of ether oxygens (including phenoxy) is 2. The third-order valence-electron chi connectivity index (χ3n) is 1.77. The van der Waals surface area contributed by atoms with Gasteiger partial charge in [0.25, 0.3) is 0 Å². The van der Waals surface area contributed by atoms with Gasteiger partial charge < -0.3 is 9.47 Å². The van der Waals surface area contributed by atoms with Crippen LogP contribution >= 0.6 is 0 Å². The Kier molecular flexibility index (Phi) is 3.60. The average molecular weight is 156 g/mol. The Morgan fingerprint density at radius 3 is 3.00 bits per heavy atom. The fourth-order valence-electron chi connectivity index (χ4n) is 0.936. The predicted molar refractivity (Wildman–Crippen MR) is 44.6 cm³/mol. The van der Waals surface area contributed by atoms with E-state index in [2.05, 4.69) is 13.5 Å². The third kappa shape index (κ3) is 3.04. The van der Waals surface area contributed by atoms with Crippen molar-refractivity contribution in [3.63, 3.8) is 0 Å². The molecule has 0 amide bonds. The maximum absolute atomic E-state index is 5.51. The van der Waals surface area contributed by atoms with E-state index in [1.165, 1.54) is 6.42 Å². The zero-order valence-electron chi connectivity index (χ0n) is 7.08. The van der Waals surface area contributed by atoms with Crippen LogP contribution in [-0.2, 0) is 9.47 Å². The highest BCUT2D eigenvalue weighted by molar-refractivity contribution is 4.92. The molecule has 2 nitrogen and oxygen atoms in total. The molecule has 0 spiro atoms. The first-order chi connectivity index (χ1) is 5.38. The topological polar surface area (TPSA) is 21.8 Å². The van der Waals surface area contributed by atoms with E-state index < -0.39 is 0 Å². The van der Waals surface area contributed by atoms with Gasteiger partial charge in [0.15, 0.2) is 0 Å². The first kappa shape index (κ1) is 8.75. The van der Waals surface area contributed by atoms with Crippen LogP contribution in [0.2, 0.25) is 0 Å². The lowest BCUT2D eigenvalue weighted by Gasteiger charge is -2.09. The van der Waals surface area contributed by atoms with E-state index in [4.69, 9.17) is 9.47 Å². The summed E-state index contributed by atoms with van der Waals surface area (Å²) < 4.78 is 10.6. The zero-order valence-corrected chi connectivity index (χ0v) is 7.08. The van der Waals surface area contributed by atoms with Crippen LogP contribution < -0.4 is 0 Å². The largest absolute Gasteiger partial charge is 0.371 e. The average Bonchev–Trinajstić information content (AvgIpc) is 2.81. The van der Waals surface area contributed by atoms with Crippen molar-refractivity contribution in [3.05, 3.63) is 12.7 Å². The second-order valence-corrected chi connectivity index (χ2v) is 2.80. The van der Waals surface area contributed by atoms with E-state index in [0.717, 1.165) is 19.6 Å². The number of unbranched alkanes of at least 4 members (excludes halogenated alkanes) is 1. The van der Waals surface area contributed by atoms with Crippen LogP contribution in [0.3, 0.4) is 0 Å². The molecule has 0 aliphatic carbocycles. The lowest BCUT2D eigenvalue weighted by atomic mass is 10.2. The van der Waals surface area contributed by atoms with Gasteiger partial charge in [-0.25, -0.2) is 0 Å². The lowest BCUT2D eigenvalue weighted by Crippen LogP contribution is -2.17. The van der Waals surface area contributed by atoms with Gasteiger partial charge in [-0.1, -0.05) is 19.4 Å². The molecular formula is C9H16O2. The quantitative estimate of drug-likeness (QED) is 0.332. The Balaban J connectivity index is 2.05. The summed E-state index contributed by atoms with van der Waals surface area (Å²) in [7, 11) is 0. The Morgan fingerprint density at radius 1 is 1.82 bits per heavy atom. The summed E-state index contributed by atoms with van der Waals surface area (Å²) in [6.07, 6.45) is 4.55. The Hall–Kier alpha value is -0.340. The van der Waals surface area contributed by atoms with Crippen molar-refractivity contribution in [1.82, 2.24) is 0 Å². The maximum atomic E-state index is 5.51. The summed E-state index contributed by atoms with van der Waals surface area (Å²) in [6, 6.07) is 0. The molecule has 0 aromatic carbocycles. The van der Waals surface area contributed by atoms with Crippen LogP contribution in [-0.4, -0.2) is 25.4 Å². The van der Waals surface area contributed by atoms with Gasteiger partial charge in [-0.05, 0) is 6.42 Å². The van der Waals surface area contributed by atoms with Crippen molar-refractivity contribution in [3.8, 4) is 0 Å². The molecule has 0 bridgehead atoms. The van der Waals surface area contributed by atoms with Crippen LogP contribution in [0.25, 0.3) is 0 Å². The zero-order chi connectivity index (χ0) is 8.10. The Labute approximate surface area is 68.2 Å². The minimum Gasteiger partial charge on any atom is -0.371 e. The molecule has 1 saturated heterocycles. The van der Waals surface area contributed by atoms with Crippen molar-refractivity contribution >= 4 is 0 Å². The van der Waals surface area contributed by atoms with Gasteiger partial charge in [0, 0.05) is 6.61 Å². The fraction of sp³-hybridized carbons (Fsp3) is 0.778. The molecule has 1 rings (SSSR count). The molecule has 11 heavy (non-hydrogen) atoms. The van der Waals surface area contributed by atoms with Gasteiger partial charge in [-0.3, -0.25) is 0 Å². The molecule has 64 valence electrons. The van der Waals surface area contributed by atoms with Crippen molar-refractivity contribution in [2.45, 2.75) is 32.0 Å². The fourth-order valence-corrected chi connectivity index (χ4v) is 0.936. The summed E-state index contributed by atoms with van der Waals surface area (Å²) in [4.78, 5) is 0. The smallest absolute Gasteiger partial charge is 0.111 e. The molecular weight excluding hydrogens is 140 g/mol. The normalized spacial score (nSPS) is 24.6. The molecule has 0 N–H and O–H groups in total. The summed E-state index contributed by atoms with van der Waals surface area (Å²) in [5.74, 6) is 0. The molecule has 1 heterocycles. The van der Waals surface area contributed by atoms with Crippen LogP contribution in [0.15, 0.2) is 12.7 Å². The summed E-state index contributed by atoms with van der Waals surface area (Å²) in [5, 5.41) is 0. The van der Waals surface area contributed by atoms with E-state index in [9.17, 15) is 0 Å². The lowest BCUT2D eigenvalue weighted by molar-refractivity contribution is 0.0630. The number of rotatable bonds is 6. The van der Waals surface area contributed by atoms with E-state index in [1.807, 2.05) is 6.08 Å². The van der Waals surface area contributed by atoms with Gasteiger partial charge in [0.05, 0.1) is 6.61 Å². The van der Waals surface area contributed by atoms with Gasteiger partial charge >= 0.3 is 0 Å². The standard InChI is InChI=1S/C9H16O2/c1-3-5-6-10-8(4-2)9-7-11-9/h4,8-9H,2-3,5-7H2,1H3/t8-,9+/m1/s1. The SMILES string of the molecule is C=C[C@@H](OCCCC)[C@@H]1CO1. The Morgan fingerprint density at radius 2 is 2.55 bits per heavy atom. The maximum Gasteiger partial charge on any atom is 0.111 e. The molecule has 1 fully saturated rings. The van der Waals surface area contributed by atoms with Gasteiger partial charge in [-0.2, -0.15) is 0 Å². The van der Waals surface area contributed by atoms with Gasteiger partial charge in [0.1, 0.15) is 12.2 Å². The summed E-state index contributed by atoms with van der Waals surface area (Å²) in [5.41, 5.74) is 0. The van der Waals surface area contributed by atoms with Crippen LogP contribution in [0, 0.1) is 0 Å². The number of epoxide rings is 1. The van der Waals surface area contributed by atoms with Crippen LogP contribution in [0.1, 0.15) is 19.8 Å². The van der Waals surface area contributed by atoms with Crippen molar-refractivity contribution in [2.75, 3.05) is 13.2 Å². The molecule has 2 atom stereocenters. The van der Waals surface area contributed by atoms with Gasteiger partial charge in [-0.15, -0.1) is 6.58 Å². The number of hydrogen-bond acceptors (Lipinski definition) is 2. The predicted octanol–water partition coefficient (Wildman–Crippen LogP) is 1.76. The minimum absolute atomic E-state index is 0.126. The first-order valence-corrected chi connectivity index (χ1v) is 4.24. The highest BCUT2D eigenvalue weighted by Gasteiger charge is 2.31. The molecule has 0 aromatic heterocycles. The van der Waals surface area contributed by atoms with E-state index >= 15 is 0 Å². The second kappa shape index (κ2) is 4.52. The third-order valence-corrected chi connectivity index (χ3v) is 1.77. The molecule has 0 aromatic rings. The van der Waals surface area contributed by atoms with E-state index in [1.54, 1.807) is 0 Å².